The highest BCUT2D eigenvalue weighted by Crippen LogP contribution is 2.27. The molecule has 2 amide bonds. The van der Waals surface area contributed by atoms with Gasteiger partial charge < -0.3 is 30.7 Å². The number of carboxylic acids is 2. The minimum absolute atomic E-state index is 0.0597. The topological polar surface area (TPSA) is 162 Å². The van der Waals surface area contributed by atoms with Crippen molar-refractivity contribution in [2.75, 3.05) is 0 Å². The van der Waals surface area contributed by atoms with Crippen LogP contribution in [0.5, 0.6) is 5.75 Å². The SMILES string of the molecule is O=C(O)CC[C@H](NC(=O)OCc1ccccc1)C(=O)N[C@@H](Cc1cc(I)c(O)c(I)c1)C(=O)O. The third-order valence-corrected chi connectivity index (χ3v) is 6.24. The summed E-state index contributed by atoms with van der Waals surface area (Å²) in [4.78, 5) is 47.7. The molecule has 0 saturated heterocycles. The number of hydrogen-bond donors (Lipinski definition) is 5. The number of rotatable bonds is 11. The fourth-order valence-corrected chi connectivity index (χ4v) is 4.78. The summed E-state index contributed by atoms with van der Waals surface area (Å²) in [7, 11) is 0. The average molecular weight is 696 g/mol. The van der Waals surface area contributed by atoms with Gasteiger partial charge in [0.15, 0.2) is 0 Å². The molecule has 2 aromatic rings. The van der Waals surface area contributed by atoms with E-state index in [1.54, 1.807) is 42.5 Å². The Hall–Kier alpha value is -2.62. The van der Waals surface area contributed by atoms with E-state index in [2.05, 4.69) is 10.6 Å². The fraction of sp³-hybridized carbons (Fsp3) is 0.273. The molecule has 2 atom stereocenters. The van der Waals surface area contributed by atoms with Crippen molar-refractivity contribution in [2.24, 2.45) is 0 Å². The van der Waals surface area contributed by atoms with Crippen LogP contribution >= 0.6 is 45.2 Å². The van der Waals surface area contributed by atoms with E-state index in [1.165, 1.54) is 0 Å². The Morgan fingerprint density at radius 3 is 2.09 bits per heavy atom. The Bertz CT molecular complexity index is 1030. The molecule has 0 unspecified atom stereocenters. The lowest BCUT2D eigenvalue weighted by atomic mass is 10.0. The number of alkyl carbamates (subject to hydrolysis) is 1. The molecule has 2 rings (SSSR count). The Morgan fingerprint density at radius 2 is 1.53 bits per heavy atom. The predicted molar refractivity (Wildman–Crippen MR) is 137 cm³/mol. The standard InChI is InChI=1S/C22H22I2N2O8/c23-14-8-13(9-15(24)19(14)29)10-17(21(31)32)25-20(30)16(6-7-18(27)28)26-22(33)34-11-12-4-2-1-3-5-12/h1-5,8-9,16-17,29H,6-7,10-11H2,(H,25,30)(H,26,33)(H,27,28)(H,31,32)/t16-,17-/m0/s1. The summed E-state index contributed by atoms with van der Waals surface area (Å²) in [5, 5.41) is 33.1. The molecule has 0 spiro atoms. The van der Waals surface area contributed by atoms with Gasteiger partial charge in [-0.05, 0) is 74.9 Å². The maximum atomic E-state index is 12.8. The Balaban J connectivity index is 2.07. The fourth-order valence-electron chi connectivity index (χ4n) is 2.89. The maximum absolute atomic E-state index is 12.8. The first-order valence-corrected chi connectivity index (χ1v) is 12.1. The van der Waals surface area contributed by atoms with Gasteiger partial charge in [-0.3, -0.25) is 9.59 Å². The van der Waals surface area contributed by atoms with Crippen LogP contribution in [-0.2, 0) is 32.1 Å². The minimum Gasteiger partial charge on any atom is -0.506 e. The van der Waals surface area contributed by atoms with E-state index >= 15 is 0 Å². The van der Waals surface area contributed by atoms with Gasteiger partial charge in [-0.2, -0.15) is 0 Å². The van der Waals surface area contributed by atoms with E-state index in [1.807, 2.05) is 45.2 Å². The predicted octanol–water partition coefficient (Wildman–Crippen LogP) is 2.87. The number of aliphatic carboxylic acids is 2. The minimum atomic E-state index is -1.35. The Kier molecular flexibility index (Phi) is 10.8. The van der Waals surface area contributed by atoms with E-state index in [9.17, 15) is 29.4 Å². The normalized spacial score (nSPS) is 12.3. The molecule has 0 aliphatic heterocycles. The summed E-state index contributed by atoms with van der Waals surface area (Å²) in [6.45, 7) is -0.0597. The molecule has 10 nitrogen and oxygen atoms in total. The lowest BCUT2D eigenvalue weighted by molar-refractivity contribution is -0.142. The van der Waals surface area contributed by atoms with E-state index in [-0.39, 0.29) is 25.2 Å². The van der Waals surface area contributed by atoms with Crippen LogP contribution in [0.4, 0.5) is 4.79 Å². The van der Waals surface area contributed by atoms with Gasteiger partial charge in [0.2, 0.25) is 5.91 Å². The van der Waals surface area contributed by atoms with Crippen molar-refractivity contribution in [1.82, 2.24) is 10.6 Å². The second kappa shape index (κ2) is 13.3. The lowest BCUT2D eigenvalue weighted by Gasteiger charge is -2.21. The van der Waals surface area contributed by atoms with Gasteiger partial charge in [-0.15, -0.1) is 0 Å². The van der Waals surface area contributed by atoms with Crippen molar-refractivity contribution in [1.29, 1.82) is 0 Å². The summed E-state index contributed by atoms with van der Waals surface area (Å²) >= 11 is 3.82. The highest BCUT2D eigenvalue weighted by molar-refractivity contribution is 14.1. The quantitative estimate of drug-likeness (QED) is 0.224. The number of amides is 2. The first kappa shape index (κ1) is 27.6. The number of carboxylic acid groups (broad SMARTS) is 2. The van der Waals surface area contributed by atoms with Crippen LogP contribution in [0.25, 0.3) is 0 Å². The van der Waals surface area contributed by atoms with Crippen LogP contribution in [-0.4, -0.2) is 51.3 Å². The number of phenols is 1. The van der Waals surface area contributed by atoms with Crippen LogP contribution in [0, 0.1) is 7.14 Å². The van der Waals surface area contributed by atoms with Gasteiger partial charge >= 0.3 is 18.0 Å². The molecule has 0 fully saturated rings. The zero-order chi connectivity index (χ0) is 25.3. The zero-order valence-corrected chi connectivity index (χ0v) is 22.0. The average Bonchev–Trinajstić information content (AvgIpc) is 2.78. The van der Waals surface area contributed by atoms with Crippen LogP contribution < -0.4 is 10.6 Å². The van der Waals surface area contributed by atoms with Gasteiger partial charge in [0.25, 0.3) is 0 Å². The number of benzene rings is 2. The zero-order valence-electron chi connectivity index (χ0n) is 17.7. The molecule has 0 radical (unpaired) electrons. The van der Waals surface area contributed by atoms with Crippen LogP contribution in [0.15, 0.2) is 42.5 Å². The van der Waals surface area contributed by atoms with Crippen molar-refractivity contribution < 1.29 is 39.2 Å². The second-order valence-corrected chi connectivity index (χ2v) is 9.53. The number of phenolic OH excluding ortho intramolecular Hbond substituents is 1. The van der Waals surface area contributed by atoms with Crippen LogP contribution in [0.1, 0.15) is 24.0 Å². The van der Waals surface area contributed by atoms with Crippen molar-refractivity contribution >= 4 is 69.1 Å². The molecular weight excluding hydrogens is 674 g/mol. The number of carbonyl (C=O) groups excluding carboxylic acids is 2. The van der Waals surface area contributed by atoms with Crippen molar-refractivity contribution in [3.05, 3.63) is 60.7 Å². The highest BCUT2D eigenvalue weighted by Gasteiger charge is 2.28. The molecule has 12 heteroatoms. The van der Waals surface area contributed by atoms with E-state index < -0.39 is 42.4 Å². The smallest absolute Gasteiger partial charge is 0.408 e. The van der Waals surface area contributed by atoms with Crippen molar-refractivity contribution in [2.45, 2.75) is 38.0 Å². The molecule has 5 N–H and O–H groups in total. The van der Waals surface area contributed by atoms with Gasteiger partial charge in [-0.1, -0.05) is 30.3 Å². The number of halogens is 2. The molecule has 0 heterocycles. The first-order valence-electron chi connectivity index (χ1n) is 9.96. The second-order valence-electron chi connectivity index (χ2n) is 7.20. The molecule has 0 aliphatic carbocycles. The Morgan fingerprint density at radius 1 is 0.912 bits per heavy atom. The van der Waals surface area contributed by atoms with Crippen molar-refractivity contribution in [3.8, 4) is 5.75 Å². The van der Waals surface area contributed by atoms with Crippen molar-refractivity contribution in [3.63, 3.8) is 0 Å². The number of carbonyl (C=O) groups is 4. The number of hydrogen-bond acceptors (Lipinski definition) is 6. The summed E-state index contributed by atoms with van der Waals surface area (Å²) in [5.41, 5.74) is 1.28. The number of ether oxygens (including phenoxy) is 1. The summed E-state index contributed by atoms with van der Waals surface area (Å²) in [6, 6.07) is 9.34. The van der Waals surface area contributed by atoms with Gasteiger partial charge in [0.05, 0.1) is 7.14 Å². The third kappa shape index (κ3) is 8.96. The molecule has 34 heavy (non-hydrogen) atoms. The number of aromatic hydroxyl groups is 1. The lowest BCUT2D eigenvalue weighted by Crippen LogP contribution is -2.52. The highest BCUT2D eigenvalue weighted by atomic mass is 127. The molecule has 2 aromatic carbocycles. The van der Waals surface area contributed by atoms with E-state index in [4.69, 9.17) is 9.84 Å². The number of nitrogens with one attached hydrogen (secondary N) is 2. The molecule has 0 bridgehead atoms. The summed E-state index contributed by atoms with van der Waals surface area (Å²) in [6.07, 6.45) is -1.72. The van der Waals surface area contributed by atoms with Gasteiger partial charge in [0, 0.05) is 12.8 Å². The molecule has 182 valence electrons. The monoisotopic (exact) mass is 696 g/mol. The van der Waals surface area contributed by atoms with E-state index in [0.29, 0.717) is 18.3 Å². The largest absolute Gasteiger partial charge is 0.506 e. The molecule has 0 aliphatic rings. The molecule has 0 aromatic heterocycles. The Labute approximate surface area is 222 Å². The first-order chi connectivity index (χ1) is 16.1. The third-order valence-electron chi connectivity index (χ3n) is 4.60. The van der Waals surface area contributed by atoms with Gasteiger partial charge in [-0.25, -0.2) is 9.59 Å². The van der Waals surface area contributed by atoms with Crippen LogP contribution in [0.3, 0.4) is 0 Å². The molecular formula is C22H22I2N2O8. The summed E-state index contributed by atoms with van der Waals surface area (Å²) in [5.74, 6) is -3.27. The van der Waals surface area contributed by atoms with E-state index in [0.717, 1.165) is 0 Å². The van der Waals surface area contributed by atoms with Gasteiger partial charge in [0.1, 0.15) is 24.4 Å². The maximum Gasteiger partial charge on any atom is 0.408 e. The molecule has 0 saturated carbocycles. The van der Waals surface area contributed by atoms with Crippen LogP contribution in [0.2, 0.25) is 0 Å². The summed E-state index contributed by atoms with van der Waals surface area (Å²) < 4.78 is 6.13.